The number of nitrogens with two attached hydrogens (primary N) is 1. The minimum Gasteiger partial charge on any atom is -0.399 e. The van der Waals surface area contributed by atoms with Gasteiger partial charge < -0.3 is 5.73 Å². The molecule has 2 aromatic rings. The number of nitriles is 2. The van der Waals surface area contributed by atoms with Gasteiger partial charge in [0.1, 0.15) is 0 Å². The zero-order chi connectivity index (χ0) is 17.0. The zero-order valence-corrected chi connectivity index (χ0v) is 13.6. The van der Waals surface area contributed by atoms with E-state index in [1.54, 1.807) is 6.07 Å². The van der Waals surface area contributed by atoms with E-state index >= 15 is 0 Å². The van der Waals surface area contributed by atoms with Gasteiger partial charge >= 0.3 is 0 Å². The number of nitrogen functional groups attached to an aromatic ring is 1. The molecular formula is C20H19N3. The van der Waals surface area contributed by atoms with Crippen LogP contribution in [0.15, 0.2) is 36.4 Å². The molecule has 0 saturated heterocycles. The fraction of sp³-hybridized carbons (Fsp3) is 0.200. The molecule has 0 amide bonds. The first-order chi connectivity index (χ1) is 11.0. The number of anilines is 1. The molecule has 3 heteroatoms. The number of aryl methyl sites for hydroxylation is 2. The second-order valence-corrected chi connectivity index (χ2v) is 5.58. The van der Waals surface area contributed by atoms with E-state index in [1.807, 2.05) is 38.1 Å². The fourth-order valence-corrected chi connectivity index (χ4v) is 2.72. The van der Waals surface area contributed by atoms with Crippen LogP contribution in [0.4, 0.5) is 5.69 Å². The average Bonchev–Trinajstić information content (AvgIpc) is 2.52. The summed E-state index contributed by atoms with van der Waals surface area (Å²) in [6.07, 6.45) is 2.95. The first-order valence-corrected chi connectivity index (χ1v) is 7.53. The molecule has 0 heterocycles. The first-order valence-electron chi connectivity index (χ1n) is 7.53. The van der Waals surface area contributed by atoms with Crippen molar-refractivity contribution in [2.75, 3.05) is 5.73 Å². The van der Waals surface area contributed by atoms with Crippen LogP contribution in [0, 0.1) is 36.5 Å². The second-order valence-electron chi connectivity index (χ2n) is 5.58. The number of nitrogens with zero attached hydrogens (tertiary/aromatic N) is 2. The van der Waals surface area contributed by atoms with E-state index in [4.69, 9.17) is 5.73 Å². The highest BCUT2D eigenvalue weighted by Crippen LogP contribution is 2.30. The number of hydrogen-bond acceptors (Lipinski definition) is 3. The molecule has 114 valence electrons. The third-order valence-corrected chi connectivity index (χ3v) is 3.79. The number of hydrogen-bond donors (Lipinski definition) is 1. The Bertz CT molecular complexity index is 862. The highest BCUT2D eigenvalue weighted by atomic mass is 14.5. The van der Waals surface area contributed by atoms with Crippen molar-refractivity contribution >= 4 is 11.3 Å². The third kappa shape index (κ3) is 3.42. The topological polar surface area (TPSA) is 73.6 Å². The minimum absolute atomic E-state index is 0.535. The van der Waals surface area contributed by atoms with Crippen molar-refractivity contribution in [3.63, 3.8) is 0 Å². The van der Waals surface area contributed by atoms with Gasteiger partial charge in [-0.3, -0.25) is 0 Å². The van der Waals surface area contributed by atoms with Crippen LogP contribution < -0.4 is 5.73 Å². The molecule has 0 aliphatic carbocycles. The molecule has 0 radical (unpaired) electrons. The van der Waals surface area contributed by atoms with Gasteiger partial charge in [-0.15, -0.1) is 0 Å². The molecule has 2 rings (SSSR count). The highest BCUT2D eigenvalue weighted by Gasteiger charge is 2.12. The van der Waals surface area contributed by atoms with Crippen molar-refractivity contribution in [3.8, 4) is 12.1 Å². The lowest BCUT2D eigenvalue weighted by Gasteiger charge is -2.14. The predicted octanol–water partition coefficient (Wildman–Crippen LogP) is 4.47. The molecule has 0 aliphatic rings. The van der Waals surface area contributed by atoms with Crippen LogP contribution in [0.1, 0.15) is 46.7 Å². The second kappa shape index (κ2) is 6.81. The fourth-order valence-electron chi connectivity index (χ4n) is 2.72. The van der Waals surface area contributed by atoms with Crippen LogP contribution in [-0.4, -0.2) is 0 Å². The Hall–Kier alpha value is -3.04. The van der Waals surface area contributed by atoms with Crippen molar-refractivity contribution in [2.24, 2.45) is 0 Å². The van der Waals surface area contributed by atoms with Crippen LogP contribution in [0.5, 0.6) is 0 Å². The van der Waals surface area contributed by atoms with Gasteiger partial charge in [0.15, 0.2) is 0 Å². The van der Waals surface area contributed by atoms with E-state index in [9.17, 15) is 10.5 Å². The van der Waals surface area contributed by atoms with Crippen LogP contribution in [0.25, 0.3) is 5.57 Å². The largest absolute Gasteiger partial charge is 0.399 e. The molecule has 23 heavy (non-hydrogen) atoms. The van der Waals surface area contributed by atoms with Gasteiger partial charge in [0.25, 0.3) is 0 Å². The van der Waals surface area contributed by atoms with Gasteiger partial charge in [-0.25, -0.2) is 0 Å². The maximum absolute atomic E-state index is 9.31. The van der Waals surface area contributed by atoms with Crippen LogP contribution in [0.3, 0.4) is 0 Å². The summed E-state index contributed by atoms with van der Waals surface area (Å²) in [6, 6.07) is 13.7. The first kappa shape index (κ1) is 16.3. The average molecular weight is 301 g/mol. The summed E-state index contributed by atoms with van der Waals surface area (Å²) in [5.41, 5.74) is 12.7. The van der Waals surface area contributed by atoms with E-state index in [0.717, 1.165) is 34.2 Å². The van der Waals surface area contributed by atoms with Gasteiger partial charge in [-0.1, -0.05) is 19.1 Å². The zero-order valence-electron chi connectivity index (χ0n) is 13.6. The maximum atomic E-state index is 9.31. The van der Waals surface area contributed by atoms with Crippen molar-refractivity contribution < 1.29 is 0 Å². The molecule has 0 bridgehead atoms. The summed E-state index contributed by atoms with van der Waals surface area (Å²) in [7, 11) is 0. The Morgan fingerprint density at radius 3 is 2.39 bits per heavy atom. The Morgan fingerprint density at radius 1 is 1.04 bits per heavy atom. The van der Waals surface area contributed by atoms with Crippen LogP contribution >= 0.6 is 0 Å². The van der Waals surface area contributed by atoms with E-state index in [0.29, 0.717) is 16.8 Å². The summed E-state index contributed by atoms with van der Waals surface area (Å²) >= 11 is 0. The van der Waals surface area contributed by atoms with Gasteiger partial charge in [-0.2, -0.15) is 10.5 Å². The molecule has 0 unspecified atom stereocenters. The lowest BCUT2D eigenvalue weighted by Crippen LogP contribution is -1.97. The predicted molar refractivity (Wildman–Crippen MR) is 93.6 cm³/mol. The Morgan fingerprint density at radius 2 is 1.78 bits per heavy atom. The summed E-state index contributed by atoms with van der Waals surface area (Å²) in [5, 5.41) is 18.5. The molecule has 0 atom stereocenters. The summed E-state index contributed by atoms with van der Waals surface area (Å²) in [6.45, 7) is 6.03. The Labute approximate surface area is 137 Å². The lowest BCUT2D eigenvalue weighted by atomic mass is 9.90. The minimum atomic E-state index is 0.535. The summed E-state index contributed by atoms with van der Waals surface area (Å²) in [4.78, 5) is 0. The summed E-state index contributed by atoms with van der Waals surface area (Å²) in [5.74, 6) is 0. The standard InChI is InChI=1S/C20H19N3/c1-4-5-19(16-7-15(11-21)8-18(23)9-16)20-10-17(12-22)13(2)6-14(20)3/h5-10H,4,23H2,1-3H3/b19-5-. The normalized spacial score (nSPS) is 10.9. The molecule has 2 N–H and O–H groups in total. The third-order valence-electron chi connectivity index (χ3n) is 3.79. The van der Waals surface area contributed by atoms with E-state index in [-0.39, 0.29) is 0 Å². The van der Waals surface area contributed by atoms with Gasteiger partial charge in [0.05, 0.1) is 23.3 Å². The molecule has 0 spiro atoms. The highest BCUT2D eigenvalue weighted by molar-refractivity contribution is 5.83. The van der Waals surface area contributed by atoms with Crippen molar-refractivity contribution in [1.29, 1.82) is 10.5 Å². The Balaban J connectivity index is 2.71. The van der Waals surface area contributed by atoms with E-state index in [1.165, 1.54) is 0 Å². The maximum Gasteiger partial charge on any atom is 0.0994 e. The van der Waals surface area contributed by atoms with Crippen molar-refractivity contribution in [1.82, 2.24) is 0 Å². The molecule has 0 saturated carbocycles. The van der Waals surface area contributed by atoms with E-state index in [2.05, 4.69) is 25.1 Å². The molecule has 0 fully saturated rings. The van der Waals surface area contributed by atoms with Gasteiger partial charge in [0.2, 0.25) is 0 Å². The van der Waals surface area contributed by atoms with E-state index < -0.39 is 0 Å². The number of allylic oxidation sites excluding steroid dienone is 1. The number of benzene rings is 2. The molecule has 0 aromatic heterocycles. The monoisotopic (exact) mass is 301 g/mol. The SMILES string of the molecule is CC/C=C(/c1cc(N)cc(C#N)c1)c1cc(C#N)c(C)cc1C. The van der Waals surface area contributed by atoms with Crippen molar-refractivity contribution in [2.45, 2.75) is 27.2 Å². The molecule has 3 nitrogen and oxygen atoms in total. The lowest BCUT2D eigenvalue weighted by molar-refractivity contribution is 1.22. The van der Waals surface area contributed by atoms with Gasteiger partial charge in [-0.05, 0) is 72.4 Å². The smallest absolute Gasteiger partial charge is 0.0994 e. The number of rotatable bonds is 3. The molecular weight excluding hydrogens is 282 g/mol. The Kier molecular flexibility index (Phi) is 4.84. The quantitative estimate of drug-likeness (QED) is 0.850. The van der Waals surface area contributed by atoms with Crippen LogP contribution in [0.2, 0.25) is 0 Å². The summed E-state index contributed by atoms with van der Waals surface area (Å²) < 4.78 is 0. The molecule has 0 aliphatic heterocycles. The van der Waals surface area contributed by atoms with Gasteiger partial charge in [0, 0.05) is 5.69 Å². The molecule has 2 aromatic carbocycles. The van der Waals surface area contributed by atoms with Crippen LogP contribution in [-0.2, 0) is 0 Å². The van der Waals surface area contributed by atoms with Crippen molar-refractivity contribution in [3.05, 3.63) is 69.8 Å².